The molecule has 4 rings (SSSR count). The number of carbonyl (C=O) groups excluding carboxylic acids is 2. The molecule has 1 aromatic heterocycles. The Morgan fingerprint density at radius 3 is 2.00 bits per heavy atom. The Bertz CT molecular complexity index is 1160. The monoisotopic (exact) mass is 439 g/mol. The Balaban J connectivity index is 1.51. The van der Waals surface area contributed by atoms with Crippen molar-refractivity contribution in [3.63, 3.8) is 0 Å². The number of hydrogen-bond acceptors (Lipinski definition) is 4. The lowest BCUT2D eigenvalue weighted by Crippen LogP contribution is -2.41. The molecule has 0 aliphatic carbocycles. The lowest BCUT2D eigenvalue weighted by Gasteiger charge is -2.24. The highest BCUT2D eigenvalue weighted by atomic mass is 16.3. The van der Waals surface area contributed by atoms with Crippen molar-refractivity contribution in [3.8, 4) is 0 Å². The molecule has 0 aliphatic heterocycles. The molecule has 0 saturated heterocycles. The van der Waals surface area contributed by atoms with Crippen LogP contribution in [0.5, 0.6) is 0 Å². The second kappa shape index (κ2) is 10.4. The third-order valence-electron chi connectivity index (χ3n) is 5.19. The van der Waals surface area contributed by atoms with Crippen LogP contribution in [0.2, 0.25) is 0 Å². The van der Waals surface area contributed by atoms with Gasteiger partial charge in [-0.15, -0.1) is 0 Å². The average Bonchev–Trinajstić information content (AvgIpc) is 3.37. The summed E-state index contributed by atoms with van der Waals surface area (Å²) in [5.41, 5.74) is 7.04. The zero-order valence-corrected chi connectivity index (χ0v) is 18.3. The van der Waals surface area contributed by atoms with Crippen LogP contribution in [0.1, 0.15) is 37.6 Å². The highest BCUT2D eigenvalue weighted by molar-refractivity contribution is 6.03. The molecule has 166 valence electrons. The van der Waals surface area contributed by atoms with Gasteiger partial charge in [-0.05, 0) is 47.9 Å². The quantitative estimate of drug-likeness (QED) is 0.371. The van der Waals surface area contributed by atoms with E-state index in [4.69, 9.17) is 4.42 Å². The van der Waals surface area contributed by atoms with E-state index < -0.39 is 0 Å². The zero-order chi connectivity index (χ0) is 23.0. The number of nitrogens with zero attached hydrogens (tertiary/aromatic N) is 1. The maximum atomic E-state index is 13.1. The van der Waals surface area contributed by atoms with Crippen LogP contribution < -0.4 is 10.7 Å². The maximum absolute atomic E-state index is 13.1. The predicted octanol–water partition coefficient (Wildman–Crippen LogP) is 5.19. The number of hydrogen-bond donors (Lipinski definition) is 2. The standard InChI is InChI=1S/C27H25N3O3/c1-20-14-15-23(17-24(20)28-27(32)25-13-8-16-33-25)26(31)29-30(18-21-9-4-2-5-10-21)19-22-11-6-3-7-12-22/h2-17H,18-19H2,1H3,(H,28,32)(H,29,31). The second-order valence-corrected chi connectivity index (χ2v) is 7.73. The summed E-state index contributed by atoms with van der Waals surface area (Å²) in [7, 11) is 0. The Kier molecular flexibility index (Phi) is 6.97. The Morgan fingerprint density at radius 1 is 0.788 bits per heavy atom. The van der Waals surface area contributed by atoms with Crippen molar-refractivity contribution in [2.45, 2.75) is 20.0 Å². The van der Waals surface area contributed by atoms with E-state index in [0.717, 1.165) is 16.7 Å². The largest absolute Gasteiger partial charge is 0.459 e. The molecule has 0 unspecified atom stereocenters. The smallest absolute Gasteiger partial charge is 0.291 e. The van der Waals surface area contributed by atoms with Crippen LogP contribution in [-0.2, 0) is 13.1 Å². The normalized spacial score (nSPS) is 10.7. The highest BCUT2D eigenvalue weighted by Crippen LogP contribution is 2.19. The van der Waals surface area contributed by atoms with E-state index in [1.807, 2.05) is 78.7 Å². The third-order valence-corrected chi connectivity index (χ3v) is 5.19. The second-order valence-electron chi connectivity index (χ2n) is 7.73. The van der Waals surface area contributed by atoms with Crippen molar-refractivity contribution in [2.24, 2.45) is 0 Å². The molecule has 0 fully saturated rings. The first-order chi connectivity index (χ1) is 16.1. The van der Waals surface area contributed by atoms with Crippen LogP contribution in [0.15, 0.2) is 102 Å². The van der Waals surface area contributed by atoms with Crippen LogP contribution in [0.25, 0.3) is 0 Å². The fourth-order valence-corrected chi connectivity index (χ4v) is 3.44. The van der Waals surface area contributed by atoms with Crippen molar-refractivity contribution in [3.05, 3.63) is 125 Å². The van der Waals surface area contributed by atoms with Crippen molar-refractivity contribution < 1.29 is 14.0 Å². The van der Waals surface area contributed by atoms with Crippen LogP contribution in [0.3, 0.4) is 0 Å². The SMILES string of the molecule is Cc1ccc(C(=O)NN(Cc2ccccc2)Cc2ccccc2)cc1NC(=O)c1ccco1. The first-order valence-electron chi connectivity index (χ1n) is 10.7. The van der Waals surface area contributed by atoms with Crippen LogP contribution >= 0.6 is 0 Å². The number of aryl methyl sites for hydroxylation is 1. The van der Waals surface area contributed by atoms with Crippen molar-refractivity contribution in [2.75, 3.05) is 5.32 Å². The molecule has 0 aliphatic rings. The molecule has 0 atom stereocenters. The lowest BCUT2D eigenvalue weighted by molar-refractivity contribution is 0.0759. The average molecular weight is 440 g/mol. The van der Waals surface area contributed by atoms with Crippen molar-refractivity contribution in [1.82, 2.24) is 10.4 Å². The summed E-state index contributed by atoms with van der Waals surface area (Å²) in [5, 5.41) is 4.70. The molecule has 2 N–H and O–H groups in total. The molecule has 0 bridgehead atoms. The summed E-state index contributed by atoms with van der Waals surface area (Å²) in [6.07, 6.45) is 1.44. The van der Waals surface area contributed by atoms with Gasteiger partial charge in [0.1, 0.15) is 0 Å². The van der Waals surface area contributed by atoms with E-state index in [0.29, 0.717) is 24.3 Å². The summed E-state index contributed by atoms with van der Waals surface area (Å²) in [6.45, 7) is 2.97. The highest BCUT2D eigenvalue weighted by Gasteiger charge is 2.16. The Labute approximate surface area is 192 Å². The van der Waals surface area contributed by atoms with Gasteiger partial charge in [0.25, 0.3) is 11.8 Å². The van der Waals surface area contributed by atoms with Crippen molar-refractivity contribution >= 4 is 17.5 Å². The van der Waals surface area contributed by atoms with E-state index in [9.17, 15) is 9.59 Å². The van der Waals surface area contributed by atoms with E-state index in [1.165, 1.54) is 6.26 Å². The topological polar surface area (TPSA) is 74.6 Å². The molecule has 4 aromatic rings. The molecule has 3 aromatic carbocycles. The van der Waals surface area contributed by atoms with Gasteiger partial charge in [0.15, 0.2) is 5.76 Å². The number of carbonyl (C=O) groups is 2. The Hall–Kier alpha value is -4.16. The third kappa shape index (κ3) is 5.96. The van der Waals surface area contributed by atoms with Gasteiger partial charge in [0, 0.05) is 24.3 Å². The molecule has 1 heterocycles. The molecule has 0 radical (unpaired) electrons. The van der Waals surface area contributed by atoms with Gasteiger partial charge in [-0.3, -0.25) is 15.0 Å². The minimum atomic E-state index is -0.365. The van der Waals surface area contributed by atoms with Gasteiger partial charge in [0.2, 0.25) is 0 Å². The minimum absolute atomic E-state index is 0.209. The van der Waals surface area contributed by atoms with E-state index in [2.05, 4.69) is 10.7 Å². The molecule has 0 spiro atoms. The summed E-state index contributed by atoms with van der Waals surface area (Å²) in [6, 6.07) is 28.4. The molecule has 2 amide bonds. The first-order valence-corrected chi connectivity index (χ1v) is 10.7. The van der Waals surface area contributed by atoms with E-state index >= 15 is 0 Å². The molecular formula is C27H25N3O3. The maximum Gasteiger partial charge on any atom is 0.291 e. The first kappa shape index (κ1) is 22.0. The predicted molar refractivity (Wildman–Crippen MR) is 127 cm³/mol. The minimum Gasteiger partial charge on any atom is -0.459 e. The number of nitrogens with one attached hydrogen (secondary N) is 2. The van der Waals surface area contributed by atoms with Gasteiger partial charge in [-0.25, -0.2) is 5.01 Å². The number of hydrazine groups is 1. The van der Waals surface area contributed by atoms with Crippen LogP contribution in [0.4, 0.5) is 5.69 Å². The number of rotatable bonds is 8. The van der Waals surface area contributed by atoms with E-state index in [1.54, 1.807) is 24.3 Å². The Morgan fingerprint density at radius 2 is 1.42 bits per heavy atom. The lowest BCUT2D eigenvalue weighted by atomic mass is 10.1. The fraction of sp³-hybridized carbons (Fsp3) is 0.111. The summed E-state index contributed by atoms with van der Waals surface area (Å²) >= 11 is 0. The molecule has 6 heteroatoms. The van der Waals surface area contributed by atoms with E-state index in [-0.39, 0.29) is 17.6 Å². The molecule has 0 saturated carbocycles. The summed E-state index contributed by atoms with van der Waals surface area (Å²) in [4.78, 5) is 25.5. The molecule has 33 heavy (non-hydrogen) atoms. The van der Waals surface area contributed by atoms with Crippen LogP contribution in [0, 0.1) is 6.92 Å². The van der Waals surface area contributed by atoms with Crippen molar-refractivity contribution in [1.29, 1.82) is 0 Å². The van der Waals surface area contributed by atoms with Gasteiger partial charge in [-0.1, -0.05) is 66.7 Å². The van der Waals surface area contributed by atoms with Gasteiger partial charge < -0.3 is 9.73 Å². The number of benzene rings is 3. The van der Waals surface area contributed by atoms with Gasteiger partial charge >= 0.3 is 0 Å². The van der Waals surface area contributed by atoms with Gasteiger partial charge in [0.05, 0.1) is 6.26 Å². The molecule has 6 nitrogen and oxygen atoms in total. The number of furan rings is 1. The van der Waals surface area contributed by atoms with Crippen LogP contribution in [-0.4, -0.2) is 16.8 Å². The van der Waals surface area contributed by atoms with Gasteiger partial charge in [-0.2, -0.15) is 0 Å². The summed E-state index contributed by atoms with van der Waals surface area (Å²) < 4.78 is 5.15. The fourth-order valence-electron chi connectivity index (χ4n) is 3.44. The molecular weight excluding hydrogens is 414 g/mol. The summed E-state index contributed by atoms with van der Waals surface area (Å²) in [5.74, 6) is -0.410. The zero-order valence-electron chi connectivity index (χ0n) is 18.3. The number of amides is 2. The number of anilines is 1.